The highest BCUT2D eigenvalue weighted by Crippen LogP contribution is 2.47. The van der Waals surface area contributed by atoms with Gasteiger partial charge >= 0.3 is 0 Å². The van der Waals surface area contributed by atoms with Gasteiger partial charge in [-0.15, -0.1) is 0 Å². The van der Waals surface area contributed by atoms with Crippen molar-refractivity contribution in [1.29, 1.82) is 0 Å². The molecule has 0 bridgehead atoms. The molecule has 1 saturated heterocycles. The Labute approximate surface area is 127 Å². The highest BCUT2D eigenvalue weighted by Gasteiger charge is 2.44. The number of nitrogens with one attached hydrogen (secondary N) is 1. The predicted octanol–water partition coefficient (Wildman–Crippen LogP) is 3.47. The molecule has 1 saturated carbocycles. The summed E-state index contributed by atoms with van der Waals surface area (Å²) in [4.78, 5) is 0. The molecule has 3 nitrogen and oxygen atoms in total. The molecule has 0 radical (unpaired) electrons. The Morgan fingerprint density at radius 1 is 1.33 bits per heavy atom. The van der Waals surface area contributed by atoms with Crippen molar-refractivity contribution in [1.82, 2.24) is 5.43 Å². The van der Waals surface area contributed by atoms with Crippen LogP contribution in [0.1, 0.15) is 43.7 Å². The van der Waals surface area contributed by atoms with E-state index < -0.39 is 17.7 Å². The molecule has 21 heavy (non-hydrogen) atoms. The van der Waals surface area contributed by atoms with Crippen LogP contribution in [0.25, 0.3) is 0 Å². The van der Waals surface area contributed by atoms with Crippen LogP contribution in [0.3, 0.4) is 0 Å². The van der Waals surface area contributed by atoms with Crippen molar-refractivity contribution in [2.24, 2.45) is 11.8 Å². The lowest BCUT2D eigenvalue weighted by atomic mass is 9.69. The molecule has 2 unspecified atom stereocenters. The van der Waals surface area contributed by atoms with Crippen molar-refractivity contribution in [3.05, 3.63) is 34.4 Å². The van der Waals surface area contributed by atoms with E-state index in [0.717, 1.165) is 44.2 Å². The number of hydrogen-bond acceptors (Lipinski definition) is 3. The van der Waals surface area contributed by atoms with Gasteiger partial charge in [-0.2, -0.15) is 0 Å². The fourth-order valence-electron chi connectivity index (χ4n) is 3.53. The van der Waals surface area contributed by atoms with E-state index in [1.165, 1.54) is 0 Å². The summed E-state index contributed by atoms with van der Waals surface area (Å²) in [7, 11) is 0. The van der Waals surface area contributed by atoms with Crippen LogP contribution < -0.4 is 11.3 Å². The summed E-state index contributed by atoms with van der Waals surface area (Å²) in [5.41, 5.74) is 2.82. The summed E-state index contributed by atoms with van der Waals surface area (Å²) in [6.07, 6.45) is 4.85. The Morgan fingerprint density at radius 2 is 2.10 bits per heavy atom. The second-order valence-corrected chi connectivity index (χ2v) is 6.48. The average molecular weight is 317 g/mol. The molecule has 2 atom stereocenters. The first kappa shape index (κ1) is 15.2. The van der Waals surface area contributed by atoms with E-state index in [1.54, 1.807) is 0 Å². The van der Waals surface area contributed by atoms with Crippen LogP contribution >= 0.6 is 11.6 Å². The summed E-state index contributed by atoms with van der Waals surface area (Å²) in [6.45, 7) is 0.639. The molecule has 6 heteroatoms. The smallest absolute Gasteiger partial charge is 0.142 e. The largest absolute Gasteiger partial charge is 0.375 e. The molecule has 116 valence electrons. The van der Waals surface area contributed by atoms with Crippen LogP contribution in [-0.2, 0) is 4.74 Å². The van der Waals surface area contributed by atoms with Crippen LogP contribution in [0.4, 0.5) is 8.78 Å². The zero-order valence-electron chi connectivity index (χ0n) is 11.7. The average Bonchev–Trinajstić information content (AvgIpc) is 2.44. The molecule has 0 aromatic heterocycles. The quantitative estimate of drug-likeness (QED) is 0.510. The van der Waals surface area contributed by atoms with Crippen molar-refractivity contribution in [3.8, 4) is 0 Å². The monoisotopic (exact) mass is 316 g/mol. The first-order valence-electron chi connectivity index (χ1n) is 7.29. The van der Waals surface area contributed by atoms with Crippen LogP contribution in [-0.4, -0.2) is 12.2 Å². The minimum Gasteiger partial charge on any atom is -0.375 e. The van der Waals surface area contributed by atoms with Gasteiger partial charge in [0.05, 0.1) is 16.7 Å². The van der Waals surface area contributed by atoms with Gasteiger partial charge in [0.15, 0.2) is 0 Å². The second kappa shape index (κ2) is 5.80. The molecule has 2 fully saturated rings. The lowest BCUT2D eigenvalue weighted by Gasteiger charge is -2.48. The standard InChI is InChI=1S/C15H19ClF2N2O/c16-11-7-12(17)10(6-13(11)18)14(20-19)9-2-5-21-15(8-9)3-1-4-15/h6-7,9,14,20H,1-5,8,19H2. The fourth-order valence-corrected chi connectivity index (χ4v) is 3.68. The maximum atomic E-state index is 14.1. The second-order valence-electron chi connectivity index (χ2n) is 6.07. The van der Waals surface area contributed by atoms with E-state index in [-0.39, 0.29) is 22.1 Å². The molecule has 1 spiro atoms. The maximum Gasteiger partial charge on any atom is 0.142 e. The lowest BCUT2D eigenvalue weighted by molar-refractivity contribution is -0.147. The van der Waals surface area contributed by atoms with Gasteiger partial charge in [-0.25, -0.2) is 8.78 Å². The van der Waals surface area contributed by atoms with Crippen molar-refractivity contribution in [2.45, 2.75) is 43.7 Å². The van der Waals surface area contributed by atoms with Gasteiger partial charge in [-0.05, 0) is 50.2 Å². The SMILES string of the molecule is NNC(c1cc(F)c(Cl)cc1F)C1CCOC2(CCC2)C1. The Bertz CT molecular complexity index is 537. The zero-order valence-corrected chi connectivity index (χ0v) is 12.4. The van der Waals surface area contributed by atoms with Crippen LogP contribution in [0, 0.1) is 17.6 Å². The third-order valence-electron chi connectivity index (χ3n) is 4.82. The Kier molecular flexibility index (Phi) is 4.19. The topological polar surface area (TPSA) is 47.3 Å². The molecule has 2 aliphatic rings. The van der Waals surface area contributed by atoms with Gasteiger partial charge in [0, 0.05) is 12.2 Å². The van der Waals surface area contributed by atoms with E-state index >= 15 is 0 Å². The van der Waals surface area contributed by atoms with Crippen molar-refractivity contribution < 1.29 is 13.5 Å². The Hall–Kier alpha value is -0.750. The Morgan fingerprint density at radius 3 is 2.71 bits per heavy atom. The summed E-state index contributed by atoms with van der Waals surface area (Å²) in [6, 6.07) is 1.72. The number of benzene rings is 1. The van der Waals surface area contributed by atoms with Crippen molar-refractivity contribution in [2.75, 3.05) is 6.61 Å². The van der Waals surface area contributed by atoms with E-state index in [4.69, 9.17) is 22.2 Å². The molecule has 1 aliphatic heterocycles. The molecule has 3 N–H and O–H groups in total. The maximum absolute atomic E-state index is 14.1. The van der Waals surface area contributed by atoms with Crippen LogP contribution in [0.2, 0.25) is 5.02 Å². The molecule has 1 aromatic rings. The van der Waals surface area contributed by atoms with E-state index in [1.807, 2.05) is 0 Å². The number of hydrogen-bond donors (Lipinski definition) is 2. The molecular formula is C15H19ClF2N2O. The van der Waals surface area contributed by atoms with E-state index in [9.17, 15) is 8.78 Å². The number of hydrazine groups is 1. The van der Waals surface area contributed by atoms with Crippen LogP contribution in [0.15, 0.2) is 12.1 Å². The summed E-state index contributed by atoms with van der Waals surface area (Å²) in [5.74, 6) is 4.60. The third kappa shape index (κ3) is 2.80. The molecular weight excluding hydrogens is 298 g/mol. The molecule has 3 rings (SSSR count). The van der Waals surface area contributed by atoms with Gasteiger partial charge < -0.3 is 4.74 Å². The van der Waals surface area contributed by atoms with Crippen molar-refractivity contribution in [3.63, 3.8) is 0 Å². The number of halogens is 3. The molecule has 1 heterocycles. The molecule has 1 aromatic carbocycles. The number of rotatable bonds is 3. The van der Waals surface area contributed by atoms with E-state index in [2.05, 4.69) is 5.43 Å². The number of nitrogens with two attached hydrogens (primary N) is 1. The van der Waals surface area contributed by atoms with Gasteiger partial charge in [0.1, 0.15) is 11.6 Å². The summed E-state index contributed by atoms with van der Waals surface area (Å²) in [5, 5.41) is -0.213. The lowest BCUT2D eigenvalue weighted by Crippen LogP contribution is -2.48. The first-order chi connectivity index (χ1) is 10.0. The number of ether oxygens (including phenoxy) is 1. The third-order valence-corrected chi connectivity index (χ3v) is 5.11. The van der Waals surface area contributed by atoms with E-state index in [0.29, 0.717) is 6.61 Å². The minimum atomic E-state index is -0.626. The molecule has 0 amide bonds. The highest BCUT2D eigenvalue weighted by molar-refractivity contribution is 6.30. The van der Waals surface area contributed by atoms with Gasteiger partial charge in [0.25, 0.3) is 0 Å². The van der Waals surface area contributed by atoms with Gasteiger partial charge in [0.2, 0.25) is 0 Å². The zero-order chi connectivity index (χ0) is 15.0. The highest BCUT2D eigenvalue weighted by atomic mass is 35.5. The summed E-state index contributed by atoms with van der Waals surface area (Å²) >= 11 is 5.61. The van der Waals surface area contributed by atoms with Gasteiger partial charge in [-0.1, -0.05) is 11.6 Å². The van der Waals surface area contributed by atoms with Crippen LogP contribution in [0.5, 0.6) is 0 Å². The first-order valence-corrected chi connectivity index (χ1v) is 7.67. The normalized spacial score (nSPS) is 25.6. The summed E-state index contributed by atoms with van der Waals surface area (Å²) < 4.78 is 33.7. The Balaban J connectivity index is 1.86. The van der Waals surface area contributed by atoms with Gasteiger partial charge in [-0.3, -0.25) is 11.3 Å². The fraction of sp³-hybridized carbons (Fsp3) is 0.600. The predicted molar refractivity (Wildman–Crippen MR) is 76.7 cm³/mol. The van der Waals surface area contributed by atoms with Crippen molar-refractivity contribution >= 4 is 11.6 Å². The minimum absolute atomic E-state index is 0.0700. The molecule has 1 aliphatic carbocycles.